The van der Waals surface area contributed by atoms with E-state index < -0.39 is 0 Å². The minimum Gasteiger partial charge on any atom is -0.490 e. The average Bonchev–Trinajstić information content (AvgIpc) is 2.86. The van der Waals surface area contributed by atoms with Crippen molar-refractivity contribution in [2.45, 2.75) is 51.7 Å². The molecule has 0 heterocycles. The number of benzene rings is 1. The molecule has 0 radical (unpaired) electrons. The van der Waals surface area contributed by atoms with Crippen molar-refractivity contribution in [3.8, 4) is 5.75 Å². The molecule has 1 N–H and O–H groups in total. The fourth-order valence-corrected chi connectivity index (χ4v) is 2.58. The van der Waals surface area contributed by atoms with Gasteiger partial charge in [-0.05, 0) is 56.8 Å². The molecule has 1 aromatic rings. The maximum Gasteiger partial charge on any atom is 0.124 e. The Morgan fingerprint density at radius 2 is 2.11 bits per heavy atom. The Balaban J connectivity index is 2.02. The zero-order valence-electron chi connectivity index (χ0n) is 11.0. The summed E-state index contributed by atoms with van der Waals surface area (Å²) in [4.78, 5) is 0. The van der Waals surface area contributed by atoms with E-state index >= 15 is 0 Å². The van der Waals surface area contributed by atoms with E-state index in [9.17, 15) is 0 Å². The van der Waals surface area contributed by atoms with Gasteiger partial charge in [0.1, 0.15) is 5.75 Å². The van der Waals surface area contributed by atoms with Crippen LogP contribution in [0.2, 0.25) is 5.02 Å². The molecular formula is C15H22ClNO. The summed E-state index contributed by atoms with van der Waals surface area (Å²) in [6.45, 7) is 4.02. The normalized spacial score (nSPS) is 16.1. The molecule has 100 valence electrons. The Kier molecular flexibility index (Phi) is 5.33. The summed E-state index contributed by atoms with van der Waals surface area (Å²) in [5, 5.41) is 4.18. The molecule has 0 bridgehead atoms. The van der Waals surface area contributed by atoms with Crippen LogP contribution < -0.4 is 10.1 Å². The van der Waals surface area contributed by atoms with Crippen LogP contribution in [0.4, 0.5) is 0 Å². The van der Waals surface area contributed by atoms with Gasteiger partial charge in [-0.2, -0.15) is 0 Å². The van der Waals surface area contributed by atoms with Crippen molar-refractivity contribution in [3.05, 3.63) is 28.8 Å². The highest BCUT2D eigenvalue weighted by Gasteiger charge is 2.17. The molecule has 2 rings (SSSR count). The summed E-state index contributed by atoms with van der Waals surface area (Å²) in [6, 6.07) is 5.92. The molecule has 0 atom stereocenters. The van der Waals surface area contributed by atoms with E-state index in [2.05, 4.69) is 12.2 Å². The van der Waals surface area contributed by atoms with Crippen molar-refractivity contribution in [2.75, 3.05) is 6.54 Å². The lowest BCUT2D eigenvalue weighted by Crippen LogP contribution is -2.17. The monoisotopic (exact) mass is 267 g/mol. The van der Waals surface area contributed by atoms with E-state index in [0.29, 0.717) is 6.10 Å². The molecule has 1 fully saturated rings. The number of ether oxygens (including phenoxy) is 1. The Morgan fingerprint density at radius 1 is 1.33 bits per heavy atom. The number of hydrogen-bond donors (Lipinski definition) is 1. The van der Waals surface area contributed by atoms with Crippen LogP contribution in [0.5, 0.6) is 5.75 Å². The van der Waals surface area contributed by atoms with E-state index in [0.717, 1.165) is 30.3 Å². The van der Waals surface area contributed by atoms with Gasteiger partial charge in [-0.3, -0.25) is 0 Å². The molecule has 18 heavy (non-hydrogen) atoms. The third-order valence-corrected chi connectivity index (χ3v) is 3.60. The van der Waals surface area contributed by atoms with Gasteiger partial charge >= 0.3 is 0 Å². The van der Waals surface area contributed by atoms with Crippen LogP contribution in [-0.2, 0) is 6.54 Å². The second kappa shape index (κ2) is 7.01. The molecule has 0 spiro atoms. The molecule has 1 aliphatic carbocycles. The van der Waals surface area contributed by atoms with E-state index in [1.807, 2.05) is 18.2 Å². The van der Waals surface area contributed by atoms with Crippen molar-refractivity contribution < 1.29 is 4.74 Å². The molecule has 0 saturated heterocycles. The quantitative estimate of drug-likeness (QED) is 0.782. The predicted octanol–water partition coefficient (Wildman–Crippen LogP) is 4.16. The van der Waals surface area contributed by atoms with Crippen LogP contribution in [0.1, 0.15) is 44.6 Å². The molecule has 0 aliphatic heterocycles. The summed E-state index contributed by atoms with van der Waals surface area (Å²) in [7, 11) is 0. The molecule has 3 heteroatoms. The SMILES string of the molecule is CCCNCc1cc(Cl)ccc1OC1CCCC1. The van der Waals surface area contributed by atoms with Crippen LogP contribution in [-0.4, -0.2) is 12.6 Å². The summed E-state index contributed by atoms with van der Waals surface area (Å²) in [6.07, 6.45) is 6.49. The summed E-state index contributed by atoms with van der Waals surface area (Å²) < 4.78 is 6.09. The van der Waals surface area contributed by atoms with Gasteiger partial charge in [0.2, 0.25) is 0 Å². The lowest BCUT2D eigenvalue weighted by molar-refractivity contribution is 0.207. The molecule has 0 aromatic heterocycles. The van der Waals surface area contributed by atoms with Gasteiger partial charge in [-0.1, -0.05) is 18.5 Å². The van der Waals surface area contributed by atoms with Gasteiger partial charge in [-0.15, -0.1) is 0 Å². The molecular weight excluding hydrogens is 246 g/mol. The minimum atomic E-state index is 0.399. The summed E-state index contributed by atoms with van der Waals surface area (Å²) in [5.74, 6) is 0.995. The highest BCUT2D eigenvalue weighted by atomic mass is 35.5. The van der Waals surface area contributed by atoms with E-state index in [-0.39, 0.29) is 0 Å². The maximum absolute atomic E-state index is 6.09. The lowest BCUT2D eigenvalue weighted by Gasteiger charge is -2.17. The molecule has 0 amide bonds. The maximum atomic E-state index is 6.09. The van der Waals surface area contributed by atoms with Crippen LogP contribution in [0, 0.1) is 0 Å². The first kappa shape index (κ1) is 13.7. The average molecular weight is 268 g/mol. The van der Waals surface area contributed by atoms with Crippen molar-refractivity contribution in [1.29, 1.82) is 0 Å². The number of rotatable bonds is 6. The Bertz CT molecular complexity index is 375. The standard InChI is InChI=1S/C15H22ClNO/c1-2-9-17-11-12-10-13(16)7-8-15(12)18-14-5-3-4-6-14/h7-8,10,14,17H,2-6,9,11H2,1H3. The van der Waals surface area contributed by atoms with Gasteiger partial charge in [-0.25, -0.2) is 0 Å². The van der Waals surface area contributed by atoms with Crippen LogP contribution >= 0.6 is 11.6 Å². The van der Waals surface area contributed by atoms with Gasteiger partial charge < -0.3 is 10.1 Å². The minimum absolute atomic E-state index is 0.399. The van der Waals surface area contributed by atoms with Crippen LogP contribution in [0.25, 0.3) is 0 Å². The summed E-state index contributed by atoms with van der Waals surface area (Å²) in [5.41, 5.74) is 1.17. The first-order valence-corrected chi connectivity index (χ1v) is 7.33. The second-order valence-electron chi connectivity index (χ2n) is 4.95. The number of hydrogen-bond acceptors (Lipinski definition) is 2. The smallest absolute Gasteiger partial charge is 0.124 e. The van der Waals surface area contributed by atoms with Gasteiger partial charge in [0.05, 0.1) is 6.10 Å². The predicted molar refractivity (Wildman–Crippen MR) is 76.3 cm³/mol. The van der Waals surface area contributed by atoms with Gasteiger partial charge in [0, 0.05) is 17.1 Å². The first-order valence-electron chi connectivity index (χ1n) is 6.95. The Hall–Kier alpha value is -0.730. The van der Waals surface area contributed by atoms with Crippen LogP contribution in [0.15, 0.2) is 18.2 Å². The zero-order chi connectivity index (χ0) is 12.8. The zero-order valence-corrected chi connectivity index (χ0v) is 11.8. The molecule has 0 unspecified atom stereocenters. The summed E-state index contributed by atoms with van der Waals surface area (Å²) >= 11 is 6.06. The highest BCUT2D eigenvalue weighted by molar-refractivity contribution is 6.30. The van der Waals surface area contributed by atoms with Gasteiger partial charge in [0.15, 0.2) is 0 Å². The van der Waals surface area contributed by atoms with E-state index in [1.54, 1.807) is 0 Å². The highest BCUT2D eigenvalue weighted by Crippen LogP contribution is 2.28. The second-order valence-corrected chi connectivity index (χ2v) is 5.39. The van der Waals surface area contributed by atoms with E-state index in [4.69, 9.17) is 16.3 Å². The molecule has 1 aliphatic rings. The fourth-order valence-electron chi connectivity index (χ4n) is 2.39. The topological polar surface area (TPSA) is 21.3 Å². The van der Waals surface area contributed by atoms with Crippen molar-refractivity contribution in [3.63, 3.8) is 0 Å². The molecule has 1 aromatic carbocycles. The third kappa shape index (κ3) is 3.89. The third-order valence-electron chi connectivity index (χ3n) is 3.36. The lowest BCUT2D eigenvalue weighted by atomic mass is 10.2. The number of halogens is 1. The van der Waals surface area contributed by atoms with E-state index in [1.165, 1.54) is 31.2 Å². The first-order chi connectivity index (χ1) is 8.79. The Labute approximate surface area is 115 Å². The van der Waals surface area contributed by atoms with Crippen LogP contribution in [0.3, 0.4) is 0 Å². The van der Waals surface area contributed by atoms with Crippen molar-refractivity contribution >= 4 is 11.6 Å². The molecule has 2 nitrogen and oxygen atoms in total. The van der Waals surface area contributed by atoms with Crippen molar-refractivity contribution in [2.24, 2.45) is 0 Å². The van der Waals surface area contributed by atoms with Crippen molar-refractivity contribution in [1.82, 2.24) is 5.32 Å². The number of nitrogens with one attached hydrogen (secondary N) is 1. The Morgan fingerprint density at radius 3 is 2.83 bits per heavy atom. The largest absolute Gasteiger partial charge is 0.490 e. The molecule has 1 saturated carbocycles. The fraction of sp³-hybridized carbons (Fsp3) is 0.600. The van der Waals surface area contributed by atoms with Gasteiger partial charge in [0.25, 0.3) is 0 Å².